The fourth-order valence-electron chi connectivity index (χ4n) is 4.95. The Kier molecular flexibility index (Phi) is 5.18. The quantitative estimate of drug-likeness (QED) is 0.356. The highest BCUT2D eigenvalue weighted by Crippen LogP contribution is 2.33. The molecule has 35 heavy (non-hydrogen) atoms. The summed E-state index contributed by atoms with van der Waals surface area (Å²) in [5.41, 5.74) is 4.47. The van der Waals surface area contributed by atoms with E-state index >= 15 is 0 Å². The number of rotatable bonds is 4. The van der Waals surface area contributed by atoms with Crippen LogP contribution in [0.25, 0.3) is 22.4 Å². The van der Waals surface area contributed by atoms with Crippen molar-refractivity contribution in [3.05, 3.63) is 94.3 Å². The minimum atomic E-state index is -0.148. The minimum absolute atomic E-state index is 0.0285. The Bertz CT molecular complexity index is 1670. The lowest BCUT2D eigenvalue weighted by atomic mass is 10.1. The van der Waals surface area contributed by atoms with E-state index in [0.717, 1.165) is 28.9 Å². The maximum absolute atomic E-state index is 13.5. The molecule has 3 heterocycles. The Morgan fingerprint density at radius 3 is 2.51 bits per heavy atom. The fraction of sp³-hybridized carbons (Fsp3) is 0.185. The Morgan fingerprint density at radius 2 is 1.69 bits per heavy atom. The van der Waals surface area contributed by atoms with Gasteiger partial charge in [0.1, 0.15) is 0 Å². The van der Waals surface area contributed by atoms with Crippen LogP contribution in [-0.4, -0.2) is 36.9 Å². The van der Waals surface area contributed by atoms with Crippen LogP contribution in [0.4, 0.5) is 5.69 Å². The van der Waals surface area contributed by atoms with Gasteiger partial charge < -0.3 is 4.90 Å². The van der Waals surface area contributed by atoms with Gasteiger partial charge in [0.15, 0.2) is 5.16 Å². The molecule has 0 aliphatic carbocycles. The molecular weight excluding hydrogens is 458 g/mol. The fourth-order valence-corrected chi connectivity index (χ4v) is 5.74. The van der Waals surface area contributed by atoms with Gasteiger partial charge in [0.25, 0.3) is 5.56 Å². The SMILES string of the molecule is Cc1ccccc1-n1c(=O)c2ccccc2n2c(SCC(=O)N3c4ccccc4CC3C)nnc12. The third-order valence-corrected chi connectivity index (χ3v) is 7.47. The molecule has 6 rings (SSSR count). The number of benzene rings is 3. The van der Waals surface area contributed by atoms with Gasteiger partial charge in [-0.15, -0.1) is 10.2 Å². The number of anilines is 1. The molecule has 0 saturated carbocycles. The molecule has 0 fully saturated rings. The van der Waals surface area contributed by atoms with Gasteiger partial charge in [-0.2, -0.15) is 0 Å². The van der Waals surface area contributed by atoms with Gasteiger partial charge in [-0.1, -0.05) is 60.3 Å². The number of fused-ring (bicyclic) bond motifs is 4. The van der Waals surface area contributed by atoms with Gasteiger partial charge in [-0.25, -0.2) is 4.57 Å². The second-order valence-corrected chi connectivity index (χ2v) is 9.74. The van der Waals surface area contributed by atoms with E-state index in [0.29, 0.717) is 16.3 Å². The van der Waals surface area contributed by atoms with E-state index in [2.05, 4.69) is 23.2 Å². The number of carbonyl (C=O) groups is 1. The number of thioether (sulfide) groups is 1. The first-order valence-corrected chi connectivity index (χ1v) is 12.5. The van der Waals surface area contributed by atoms with Crippen LogP contribution in [0.15, 0.2) is 82.7 Å². The maximum atomic E-state index is 13.5. The second kappa shape index (κ2) is 8.39. The number of aromatic nitrogens is 4. The molecular formula is C27H23N5O2S. The first kappa shape index (κ1) is 21.6. The molecule has 3 aromatic carbocycles. The Balaban J connectivity index is 1.43. The number of para-hydroxylation sites is 3. The summed E-state index contributed by atoms with van der Waals surface area (Å²) in [7, 11) is 0. The second-order valence-electron chi connectivity index (χ2n) is 8.80. The van der Waals surface area contributed by atoms with Crippen LogP contribution in [0.5, 0.6) is 0 Å². The number of aryl methyl sites for hydroxylation is 1. The van der Waals surface area contributed by atoms with Crippen molar-refractivity contribution in [2.45, 2.75) is 31.5 Å². The molecule has 0 saturated heterocycles. The Labute approximate surface area is 206 Å². The van der Waals surface area contributed by atoms with E-state index in [4.69, 9.17) is 0 Å². The van der Waals surface area contributed by atoms with E-state index in [1.54, 1.807) is 4.57 Å². The average molecular weight is 482 g/mol. The largest absolute Gasteiger partial charge is 0.308 e. The van der Waals surface area contributed by atoms with Gasteiger partial charge in [-0.3, -0.25) is 14.0 Å². The summed E-state index contributed by atoms with van der Waals surface area (Å²) >= 11 is 1.34. The molecule has 0 spiro atoms. The third kappa shape index (κ3) is 3.44. The highest BCUT2D eigenvalue weighted by atomic mass is 32.2. The highest BCUT2D eigenvalue weighted by molar-refractivity contribution is 7.99. The average Bonchev–Trinajstić information content (AvgIpc) is 3.44. The van der Waals surface area contributed by atoms with Crippen molar-refractivity contribution >= 4 is 40.0 Å². The Hall–Kier alpha value is -3.91. The molecule has 8 heteroatoms. The molecule has 1 aliphatic heterocycles. The first-order chi connectivity index (χ1) is 17.0. The zero-order valence-corrected chi connectivity index (χ0v) is 20.2. The highest BCUT2D eigenvalue weighted by Gasteiger charge is 2.30. The molecule has 174 valence electrons. The molecule has 7 nitrogen and oxygen atoms in total. The van der Waals surface area contributed by atoms with Crippen molar-refractivity contribution in [2.24, 2.45) is 0 Å². The molecule has 1 amide bonds. The number of hydrogen-bond donors (Lipinski definition) is 0. The number of carbonyl (C=O) groups excluding carboxylic acids is 1. The third-order valence-electron chi connectivity index (χ3n) is 6.55. The monoisotopic (exact) mass is 481 g/mol. The van der Waals surface area contributed by atoms with Crippen LogP contribution in [0, 0.1) is 6.92 Å². The van der Waals surface area contributed by atoms with Gasteiger partial charge in [0.2, 0.25) is 11.7 Å². The van der Waals surface area contributed by atoms with Crippen LogP contribution in [-0.2, 0) is 11.2 Å². The molecule has 1 aliphatic rings. The van der Waals surface area contributed by atoms with Crippen LogP contribution < -0.4 is 10.5 Å². The van der Waals surface area contributed by atoms with Gasteiger partial charge >= 0.3 is 0 Å². The van der Waals surface area contributed by atoms with E-state index in [-0.39, 0.29) is 23.3 Å². The summed E-state index contributed by atoms with van der Waals surface area (Å²) in [6.45, 7) is 4.04. The van der Waals surface area contributed by atoms with Gasteiger partial charge in [-0.05, 0) is 55.7 Å². The van der Waals surface area contributed by atoms with E-state index in [9.17, 15) is 9.59 Å². The zero-order chi connectivity index (χ0) is 24.1. The van der Waals surface area contributed by atoms with Crippen molar-refractivity contribution < 1.29 is 4.79 Å². The van der Waals surface area contributed by atoms with Crippen molar-refractivity contribution in [3.63, 3.8) is 0 Å². The van der Waals surface area contributed by atoms with Crippen LogP contribution in [0.1, 0.15) is 18.1 Å². The lowest BCUT2D eigenvalue weighted by Gasteiger charge is -2.22. The van der Waals surface area contributed by atoms with E-state index in [1.165, 1.54) is 17.3 Å². The summed E-state index contributed by atoms with van der Waals surface area (Å²) in [5, 5.41) is 9.96. The minimum Gasteiger partial charge on any atom is -0.308 e. The predicted molar refractivity (Wildman–Crippen MR) is 139 cm³/mol. The molecule has 2 aromatic heterocycles. The normalized spacial score (nSPS) is 15.1. The van der Waals surface area contributed by atoms with Crippen LogP contribution >= 0.6 is 11.8 Å². The van der Waals surface area contributed by atoms with Crippen molar-refractivity contribution in [3.8, 4) is 5.69 Å². The van der Waals surface area contributed by atoms with Gasteiger partial charge in [0.05, 0.1) is 22.3 Å². The molecule has 0 N–H and O–H groups in total. The molecule has 5 aromatic rings. The standard InChI is InChI=1S/C27H23N5O2S/c1-17-9-3-6-12-21(17)31-25(34)20-11-5-8-14-23(20)32-26(31)28-29-27(32)35-16-24(33)30-18(2)15-19-10-4-7-13-22(19)30/h3-14,18H,15-16H2,1-2H3. The number of amides is 1. The van der Waals surface area contributed by atoms with Crippen molar-refractivity contribution in [2.75, 3.05) is 10.7 Å². The zero-order valence-electron chi connectivity index (χ0n) is 19.4. The smallest absolute Gasteiger partial charge is 0.267 e. The molecule has 1 atom stereocenters. The van der Waals surface area contributed by atoms with Gasteiger partial charge in [0, 0.05) is 11.7 Å². The lowest BCUT2D eigenvalue weighted by Crippen LogP contribution is -2.37. The van der Waals surface area contributed by atoms with Crippen molar-refractivity contribution in [1.82, 2.24) is 19.2 Å². The van der Waals surface area contributed by atoms with E-state index < -0.39 is 0 Å². The summed E-state index contributed by atoms with van der Waals surface area (Å²) in [4.78, 5) is 28.7. The molecule has 0 radical (unpaired) electrons. The summed E-state index contributed by atoms with van der Waals surface area (Å²) in [6, 6.07) is 23.3. The molecule has 1 unspecified atom stereocenters. The van der Waals surface area contributed by atoms with Crippen LogP contribution in [0.3, 0.4) is 0 Å². The summed E-state index contributed by atoms with van der Waals surface area (Å²) in [5.74, 6) is 0.677. The first-order valence-electron chi connectivity index (χ1n) is 11.5. The topological polar surface area (TPSA) is 72.5 Å². The summed E-state index contributed by atoms with van der Waals surface area (Å²) < 4.78 is 3.48. The predicted octanol–water partition coefficient (Wildman–Crippen LogP) is 4.41. The van der Waals surface area contributed by atoms with Crippen LogP contribution in [0.2, 0.25) is 0 Å². The lowest BCUT2D eigenvalue weighted by molar-refractivity contribution is -0.116. The maximum Gasteiger partial charge on any atom is 0.267 e. The summed E-state index contributed by atoms with van der Waals surface area (Å²) in [6.07, 6.45) is 0.855. The van der Waals surface area contributed by atoms with E-state index in [1.807, 2.05) is 83.0 Å². The Morgan fingerprint density at radius 1 is 0.971 bits per heavy atom. The number of nitrogens with zero attached hydrogens (tertiary/aromatic N) is 5. The van der Waals surface area contributed by atoms with Crippen molar-refractivity contribution in [1.29, 1.82) is 0 Å². The number of hydrogen-bond acceptors (Lipinski definition) is 5. The molecule has 0 bridgehead atoms.